The van der Waals surface area contributed by atoms with E-state index in [-0.39, 0.29) is 0 Å². The molecule has 14 heavy (non-hydrogen) atoms. The highest BCUT2D eigenvalue weighted by molar-refractivity contribution is 6.76. The maximum atomic E-state index is 10.9. The van der Waals surface area contributed by atoms with Gasteiger partial charge in [-0.1, -0.05) is 6.92 Å². The summed E-state index contributed by atoms with van der Waals surface area (Å²) in [5.41, 5.74) is -2.40. The van der Waals surface area contributed by atoms with Gasteiger partial charge in [0.25, 0.3) is 10.5 Å². The Morgan fingerprint density at radius 1 is 1.21 bits per heavy atom. The van der Waals surface area contributed by atoms with Crippen molar-refractivity contribution < 1.29 is 14.4 Å². The number of nitriles is 1. The van der Waals surface area contributed by atoms with Gasteiger partial charge in [0.05, 0.1) is 12.0 Å². The van der Waals surface area contributed by atoms with Crippen molar-refractivity contribution >= 4 is 50.5 Å². The number of rotatable bonds is 4. The molecule has 76 valence electrons. The second kappa shape index (κ2) is 4.74. The molecule has 1 atom stereocenters. The molecule has 0 aliphatic heterocycles. The van der Waals surface area contributed by atoms with Gasteiger partial charge < -0.3 is 0 Å². The first-order valence-corrected chi connectivity index (χ1v) is 4.44. The number of carbonyl (C=O) groups excluding carboxylic acids is 3. The zero-order valence-corrected chi connectivity index (χ0v) is 9.15. The first kappa shape index (κ1) is 13.4. The van der Waals surface area contributed by atoms with Gasteiger partial charge >= 0.3 is 0 Å². The lowest BCUT2D eigenvalue weighted by atomic mass is 9.80. The minimum Gasteiger partial charge on any atom is -0.281 e. The third kappa shape index (κ3) is 2.06. The topological polar surface area (TPSA) is 75.0 Å². The zero-order valence-electron chi connectivity index (χ0n) is 6.88. The molecule has 0 heterocycles. The lowest BCUT2D eigenvalue weighted by molar-refractivity contribution is -0.135. The molecule has 0 saturated heterocycles. The number of hydrogen-bond donors (Lipinski definition) is 0. The molecule has 0 aromatic rings. The van der Waals surface area contributed by atoms with Crippen LogP contribution in [0, 0.1) is 22.7 Å². The Bertz CT molecular complexity index is 320. The van der Waals surface area contributed by atoms with Crippen molar-refractivity contribution in [1.29, 1.82) is 5.26 Å². The molecule has 0 aliphatic rings. The molecule has 0 N–H and O–H groups in total. The van der Waals surface area contributed by atoms with Gasteiger partial charge in [0.15, 0.2) is 0 Å². The first-order valence-electron chi connectivity index (χ1n) is 3.31. The fraction of sp³-hybridized carbons (Fsp3) is 0.429. The van der Waals surface area contributed by atoms with Crippen molar-refractivity contribution in [2.75, 3.05) is 0 Å². The molecule has 0 fully saturated rings. The Morgan fingerprint density at radius 3 is 1.64 bits per heavy atom. The minimum atomic E-state index is -2.40. The second-order valence-electron chi connectivity index (χ2n) is 2.49. The highest BCUT2D eigenvalue weighted by Crippen LogP contribution is 2.34. The molecule has 0 aliphatic carbocycles. The van der Waals surface area contributed by atoms with Gasteiger partial charge in [-0.25, -0.2) is 0 Å². The summed E-state index contributed by atoms with van der Waals surface area (Å²) < 4.78 is 0. The quantitative estimate of drug-likeness (QED) is 0.563. The number of carbonyl (C=O) groups is 3. The Balaban J connectivity index is 5.52. The SMILES string of the molecule is CC(C(=O)Cl)C(C#N)(C(=O)Cl)C(=O)Cl. The third-order valence-corrected chi connectivity index (χ3v) is 2.71. The predicted octanol–water partition coefficient (Wildman–Crippen LogP) is 1.43. The van der Waals surface area contributed by atoms with Crippen LogP contribution in [0.3, 0.4) is 0 Å². The number of halogens is 3. The summed E-state index contributed by atoms with van der Waals surface area (Å²) in [4.78, 5) is 32.6. The average Bonchev–Trinajstić information content (AvgIpc) is 2.04. The Labute approximate surface area is 94.7 Å². The van der Waals surface area contributed by atoms with Gasteiger partial charge in [-0.15, -0.1) is 0 Å². The van der Waals surface area contributed by atoms with E-state index in [0.717, 1.165) is 6.92 Å². The highest BCUT2D eigenvalue weighted by atomic mass is 35.5. The summed E-state index contributed by atoms with van der Waals surface area (Å²) in [6, 6.07) is 1.33. The summed E-state index contributed by atoms with van der Waals surface area (Å²) in [6.07, 6.45) is 0. The first-order chi connectivity index (χ1) is 6.30. The molecule has 0 amide bonds. The average molecular weight is 256 g/mol. The third-order valence-electron chi connectivity index (χ3n) is 1.79. The molecule has 0 saturated carbocycles. The van der Waals surface area contributed by atoms with E-state index in [2.05, 4.69) is 0 Å². The molecule has 0 rings (SSSR count). The van der Waals surface area contributed by atoms with Crippen LogP contribution >= 0.6 is 34.8 Å². The van der Waals surface area contributed by atoms with Gasteiger partial charge in [-0.3, -0.25) is 14.4 Å². The summed E-state index contributed by atoms with van der Waals surface area (Å²) in [7, 11) is 0. The molecule has 0 spiro atoms. The molecule has 1 unspecified atom stereocenters. The van der Waals surface area contributed by atoms with Crippen LogP contribution in [0.4, 0.5) is 0 Å². The molecule has 0 radical (unpaired) electrons. The largest absolute Gasteiger partial charge is 0.281 e. The standard InChI is InChI=1S/C7H4Cl3NO3/c1-3(4(8)12)7(2-11,5(9)13)6(10)14/h3H,1H3. The van der Waals surface area contributed by atoms with Gasteiger partial charge in [0.2, 0.25) is 10.7 Å². The lowest BCUT2D eigenvalue weighted by Gasteiger charge is -2.21. The molecule has 4 nitrogen and oxygen atoms in total. The van der Waals surface area contributed by atoms with Crippen LogP contribution in [0.1, 0.15) is 6.92 Å². The van der Waals surface area contributed by atoms with E-state index < -0.39 is 27.1 Å². The fourth-order valence-electron chi connectivity index (χ4n) is 0.773. The Kier molecular flexibility index (Phi) is 4.53. The highest BCUT2D eigenvalue weighted by Gasteiger charge is 2.52. The van der Waals surface area contributed by atoms with E-state index >= 15 is 0 Å². The fourth-order valence-corrected chi connectivity index (χ4v) is 1.57. The Hall–Kier alpha value is -0.630. The van der Waals surface area contributed by atoms with Crippen LogP contribution in [0.5, 0.6) is 0 Å². The summed E-state index contributed by atoms with van der Waals surface area (Å²) >= 11 is 15.2. The summed E-state index contributed by atoms with van der Waals surface area (Å²) in [5.74, 6) is -1.39. The monoisotopic (exact) mass is 255 g/mol. The Morgan fingerprint density at radius 2 is 1.57 bits per heavy atom. The lowest BCUT2D eigenvalue weighted by Crippen LogP contribution is -2.41. The normalized spacial score (nSPS) is 12.8. The van der Waals surface area contributed by atoms with E-state index in [1.54, 1.807) is 0 Å². The number of nitrogens with zero attached hydrogens (tertiary/aromatic N) is 1. The van der Waals surface area contributed by atoms with Crippen molar-refractivity contribution in [3.63, 3.8) is 0 Å². The van der Waals surface area contributed by atoms with Crippen LogP contribution in [-0.4, -0.2) is 15.7 Å². The van der Waals surface area contributed by atoms with E-state index in [1.165, 1.54) is 6.07 Å². The predicted molar refractivity (Wildman–Crippen MR) is 49.8 cm³/mol. The summed E-state index contributed by atoms with van der Waals surface area (Å²) in [5, 5.41) is 5.00. The molecular weight excluding hydrogens is 252 g/mol. The minimum absolute atomic E-state index is 1.03. The van der Waals surface area contributed by atoms with Crippen LogP contribution in [-0.2, 0) is 14.4 Å². The van der Waals surface area contributed by atoms with Crippen molar-refractivity contribution in [3.05, 3.63) is 0 Å². The van der Waals surface area contributed by atoms with Crippen LogP contribution in [0.25, 0.3) is 0 Å². The summed E-state index contributed by atoms with van der Waals surface area (Å²) in [6.45, 7) is 1.12. The van der Waals surface area contributed by atoms with Crippen molar-refractivity contribution in [2.45, 2.75) is 6.92 Å². The van der Waals surface area contributed by atoms with Gasteiger partial charge in [0, 0.05) is 0 Å². The van der Waals surface area contributed by atoms with Gasteiger partial charge in [0.1, 0.15) is 0 Å². The van der Waals surface area contributed by atoms with Gasteiger partial charge in [-0.05, 0) is 34.8 Å². The van der Waals surface area contributed by atoms with E-state index in [1.807, 2.05) is 0 Å². The van der Waals surface area contributed by atoms with E-state index in [9.17, 15) is 14.4 Å². The second-order valence-corrected chi connectivity index (χ2v) is 3.55. The van der Waals surface area contributed by atoms with Crippen molar-refractivity contribution in [1.82, 2.24) is 0 Å². The van der Waals surface area contributed by atoms with E-state index in [0.29, 0.717) is 0 Å². The number of hydrogen-bond acceptors (Lipinski definition) is 4. The van der Waals surface area contributed by atoms with Crippen LogP contribution in [0.15, 0.2) is 0 Å². The van der Waals surface area contributed by atoms with Crippen LogP contribution in [0.2, 0.25) is 0 Å². The molecular formula is C7H4Cl3NO3. The van der Waals surface area contributed by atoms with Crippen molar-refractivity contribution in [2.24, 2.45) is 11.3 Å². The molecule has 0 bridgehead atoms. The molecule has 7 heteroatoms. The van der Waals surface area contributed by atoms with Crippen molar-refractivity contribution in [3.8, 4) is 6.07 Å². The van der Waals surface area contributed by atoms with E-state index in [4.69, 9.17) is 40.1 Å². The molecule has 0 aromatic carbocycles. The zero-order chi connectivity index (χ0) is 11.5. The molecule has 0 aromatic heterocycles. The van der Waals surface area contributed by atoms with Crippen LogP contribution < -0.4 is 0 Å². The smallest absolute Gasteiger partial charge is 0.251 e. The maximum absolute atomic E-state index is 10.9. The van der Waals surface area contributed by atoms with Gasteiger partial charge in [-0.2, -0.15) is 5.26 Å². The maximum Gasteiger partial charge on any atom is 0.251 e.